The summed E-state index contributed by atoms with van der Waals surface area (Å²) in [5.74, 6) is 0.138. The van der Waals surface area contributed by atoms with Gasteiger partial charge in [0, 0.05) is 43.6 Å². The van der Waals surface area contributed by atoms with Gasteiger partial charge in [-0.15, -0.1) is 0 Å². The maximum atomic E-state index is 12.3. The topological polar surface area (TPSA) is 107 Å². The Morgan fingerprint density at radius 3 is 2.62 bits per heavy atom. The summed E-state index contributed by atoms with van der Waals surface area (Å²) in [6.07, 6.45) is 0. The van der Waals surface area contributed by atoms with Gasteiger partial charge in [0.25, 0.3) is 11.5 Å². The van der Waals surface area contributed by atoms with E-state index in [0.29, 0.717) is 17.9 Å². The number of nitrogens with one attached hydrogen (secondary N) is 2. The summed E-state index contributed by atoms with van der Waals surface area (Å²) in [6, 6.07) is 10.8. The molecule has 1 fully saturated rings. The minimum atomic E-state index is -0.663. The lowest BCUT2D eigenvalue weighted by Crippen LogP contribution is -2.45. The van der Waals surface area contributed by atoms with Crippen molar-refractivity contribution in [3.63, 3.8) is 0 Å². The van der Waals surface area contributed by atoms with E-state index in [2.05, 4.69) is 26.8 Å². The van der Waals surface area contributed by atoms with Gasteiger partial charge in [-0.3, -0.25) is 14.5 Å². The van der Waals surface area contributed by atoms with E-state index >= 15 is 0 Å². The van der Waals surface area contributed by atoms with Crippen LogP contribution >= 0.6 is 0 Å². The van der Waals surface area contributed by atoms with Crippen LogP contribution in [0.3, 0.4) is 0 Å². The first-order valence-electron chi connectivity index (χ1n) is 9.69. The van der Waals surface area contributed by atoms with Gasteiger partial charge in [0.2, 0.25) is 0 Å². The van der Waals surface area contributed by atoms with Crippen molar-refractivity contribution in [3.05, 3.63) is 52.4 Å². The molecule has 1 aliphatic heterocycles. The van der Waals surface area contributed by atoms with E-state index in [1.807, 2.05) is 24.3 Å². The number of primary amides is 1. The molecule has 8 heteroatoms. The zero-order chi connectivity index (χ0) is 20.4. The van der Waals surface area contributed by atoms with Crippen molar-refractivity contribution in [2.24, 2.45) is 5.73 Å². The second-order valence-electron chi connectivity index (χ2n) is 7.40. The largest absolute Gasteiger partial charge is 0.492 e. The Hall–Kier alpha value is -3.10. The number of nitrogens with two attached hydrogens (primary N) is 1. The molecule has 0 atom stereocenters. The first kappa shape index (κ1) is 19.2. The highest BCUT2D eigenvalue weighted by atomic mass is 16.5. The highest BCUT2D eigenvalue weighted by Crippen LogP contribution is 2.25. The predicted octanol–water partition coefficient (Wildman–Crippen LogP) is 1.25. The summed E-state index contributed by atoms with van der Waals surface area (Å²) in [5.41, 5.74) is 6.96. The van der Waals surface area contributed by atoms with E-state index in [1.54, 1.807) is 6.07 Å². The van der Waals surface area contributed by atoms with E-state index in [-0.39, 0.29) is 11.3 Å². The van der Waals surface area contributed by atoms with Gasteiger partial charge < -0.3 is 25.3 Å². The molecular weight excluding hydrogens is 370 g/mol. The number of nitrogens with zero attached hydrogens (tertiary/aromatic N) is 2. The molecule has 4 N–H and O–H groups in total. The third-order valence-electron chi connectivity index (χ3n) is 5.33. The summed E-state index contributed by atoms with van der Waals surface area (Å²) in [7, 11) is 2.15. The molecule has 0 saturated carbocycles. The molecule has 0 radical (unpaired) electrons. The van der Waals surface area contributed by atoms with Gasteiger partial charge >= 0.3 is 0 Å². The first-order valence-corrected chi connectivity index (χ1v) is 9.69. The van der Waals surface area contributed by atoms with Gasteiger partial charge in [-0.25, -0.2) is 0 Å². The Balaban J connectivity index is 1.45. The molecule has 1 amide bonds. The average molecular weight is 395 g/mol. The average Bonchev–Trinajstić information content (AvgIpc) is 3.12. The van der Waals surface area contributed by atoms with Crippen LogP contribution < -0.4 is 16.0 Å². The summed E-state index contributed by atoms with van der Waals surface area (Å²) < 4.78 is 5.94. The van der Waals surface area contributed by atoms with Crippen molar-refractivity contribution in [1.29, 1.82) is 0 Å². The maximum Gasteiger partial charge on any atom is 0.265 e. The molecule has 1 saturated heterocycles. The van der Waals surface area contributed by atoms with Crippen LogP contribution in [-0.4, -0.2) is 72.1 Å². The number of aromatic nitrogens is 2. The van der Waals surface area contributed by atoms with Gasteiger partial charge in [0.05, 0.1) is 11.3 Å². The van der Waals surface area contributed by atoms with Crippen LogP contribution in [0.25, 0.3) is 22.2 Å². The number of piperazine rings is 1. The Morgan fingerprint density at radius 2 is 1.90 bits per heavy atom. The Kier molecular flexibility index (Phi) is 5.37. The number of likely N-dealkylation sites (N-methyl/N-ethyl adjacent to an activating group) is 1. The lowest BCUT2D eigenvalue weighted by Gasteiger charge is -2.32. The summed E-state index contributed by atoms with van der Waals surface area (Å²) in [4.78, 5) is 34.0. The molecule has 2 aromatic heterocycles. The summed E-state index contributed by atoms with van der Waals surface area (Å²) in [6.45, 7) is 5.88. The zero-order valence-corrected chi connectivity index (χ0v) is 16.4. The minimum absolute atomic E-state index is 0.0888. The molecule has 3 aromatic rings. The van der Waals surface area contributed by atoms with Crippen LogP contribution in [0.1, 0.15) is 10.5 Å². The van der Waals surface area contributed by atoms with Gasteiger partial charge in [-0.2, -0.15) is 0 Å². The quantitative estimate of drug-likeness (QED) is 0.582. The number of aromatic amines is 2. The van der Waals surface area contributed by atoms with Crippen molar-refractivity contribution in [2.45, 2.75) is 0 Å². The highest BCUT2D eigenvalue weighted by Gasteiger charge is 2.14. The minimum Gasteiger partial charge on any atom is -0.492 e. The van der Waals surface area contributed by atoms with E-state index in [0.717, 1.165) is 49.4 Å². The number of amides is 1. The normalized spacial score (nSPS) is 15.6. The number of carbonyl (C=O) groups is 1. The molecule has 29 heavy (non-hydrogen) atoms. The number of hydrogen-bond donors (Lipinski definition) is 3. The third-order valence-corrected chi connectivity index (χ3v) is 5.33. The van der Waals surface area contributed by atoms with Gasteiger partial charge in [0.1, 0.15) is 18.1 Å². The fraction of sp³-hybridized carbons (Fsp3) is 0.333. The summed E-state index contributed by atoms with van der Waals surface area (Å²) >= 11 is 0. The van der Waals surface area contributed by atoms with E-state index in [9.17, 15) is 9.59 Å². The van der Waals surface area contributed by atoms with Crippen molar-refractivity contribution >= 4 is 16.8 Å². The molecule has 152 valence electrons. The van der Waals surface area contributed by atoms with Gasteiger partial charge in [-0.1, -0.05) is 0 Å². The van der Waals surface area contributed by atoms with Crippen LogP contribution in [0, 0.1) is 0 Å². The number of pyridine rings is 1. The number of H-pyrrole nitrogens is 2. The molecule has 1 aromatic carbocycles. The van der Waals surface area contributed by atoms with Gasteiger partial charge in [0.15, 0.2) is 0 Å². The Morgan fingerprint density at radius 1 is 1.10 bits per heavy atom. The molecule has 1 aliphatic rings. The van der Waals surface area contributed by atoms with Crippen molar-refractivity contribution < 1.29 is 9.53 Å². The molecule has 8 nitrogen and oxygen atoms in total. The molecule has 4 rings (SSSR count). The van der Waals surface area contributed by atoms with Crippen LogP contribution in [0.5, 0.6) is 5.75 Å². The highest BCUT2D eigenvalue weighted by molar-refractivity contribution is 5.91. The zero-order valence-electron chi connectivity index (χ0n) is 16.4. The molecule has 0 bridgehead atoms. The summed E-state index contributed by atoms with van der Waals surface area (Å²) in [5, 5.41) is 0.954. The third kappa shape index (κ3) is 4.33. The lowest BCUT2D eigenvalue weighted by molar-refractivity contribution is 0.0995. The van der Waals surface area contributed by atoms with Crippen LogP contribution in [0.4, 0.5) is 0 Å². The number of ether oxygens (including phenoxy) is 1. The van der Waals surface area contributed by atoms with Crippen molar-refractivity contribution in [2.75, 3.05) is 46.4 Å². The Labute approximate surface area is 168 Å². The van der Waals surface area contributed by atoms with Crippen molar-refractivity contribution in [1.82, 2.24) is 19.8 Å². The number of carbonyl (C=O) groups excluding carboxylic acids is 1. The predicted molar refractivity (Wildman–Crippen MR) is 112 cm³/mol. The van der Waals surface area contributed by atoms with Gasteiger partial charge in [-0.05, 0) is 43.4 Å². The standard InChI is InChI=1S/C21H25N5O3/c1-25-6-8-26(9-7-25)10-11-29-15-2-4-17-14(12-15)13-19(23-17)16-3-5-18(20(22)27)24-21(16)28/h2-5,12-13,23H,6-11H2,1H3,(H2,22,27)(H,24,28). The van der Waals surface area contributed by atoms with E-state index < -0.39 is 5.91 Å². The van der Waals surface area contributed by atoms with E-state index in [1.165, 1.54) is 6.07 Å². The molecule has 0 aliphatic carbocycles. The fourth-order valence-electron chi connectivity index (χ4n) is 3.54. The van der Waals surface area contributed by atoms with Crippen LogP contribution in [0.15, 0.2) is 41.2 Å². The second-order valence-corrected chi connectivity index (χ2v) is 7.40. The van der Waals surface area contributed by atoms with Crippen LogP contribution in [-0.2, 0) is 0 Å². The Bertz CT molecular complexity index is 1080. The number of fused-ring (bicyclic) bond motifs is 1. The second kappa shape index (κ2) is 8.10. The number of benzene rings is 1. The first-order chi connectivity index (χ1) is 14.0. The molecule has 0 spiro atoms. The molecule has 3 heterocycles. The fourth-order valence-corrected chi connectivity index (χ4v) is 3.54. The smallest absolute Gasteiger partial charge is 0.265 e. The molecular formula is C21H25N5O3. The monoisotopic (exact) mass is 395 g/mol. The lowest BCUT2D eigenvalue weighted by atomic mass is 10.1. The SMILES string of the molecule is CN1CCN(CCOc2ccc3[nH]c(-c4ccc(C(N)=O)[nH]c4=O)cc3c2)CC1. The van der Waals surface area contributed by atoms with E-state index in [4.69, 9.17) is 10.5 Å². The number of rotatable bonds is 6. The maximum absolute atomic E-state index is 12.3. The van der Waals surface area contributed by atoms with Crippen molar-refractivity contribution in [3.8, 4) is 17.0 Å². The van der Waals surface area contributed by atoms with Crippen LogP contribution in [0.2, 0.25) is 0 Å². The number of hydrogen-bond acceptors (Lipinski definition) is 5. The molecule has 0 unspecified atom stereocenters.